The molecule has 0 spiro atoms. The van der Waals surface area contributed by atoms with E-state index < -0.39 is 11.4 Å². The van der Waals surface area contributed by atoms with Crippen LogP contribution in [0.4, 0.5) is 10.2 Å². The maximum Gasteiger partial charge on any atom is 0.269 e. The Balaban J connectivity index is 1.60. The molecule has 1 aliphatic carbocycles. The lowest BCUT2D eigenvalue weighted by Crippen LogP contribution is -2.34. The summed E-state index contributed by atoms with van der Waals surface area (Å²) >= 11 is 0. The van der Waals surface area contributed by atoms with E-state index in [1.807, 2.05) is 30.3 Å². The zero-order valence-corrected chi connectivity index (χ0v) is 17.6. The van der Waals surface area contributed by atoms with E-state index in [-0.39, 0.29) is 17.3 Å². The van der Waals surface area contributed by atoms with Gasteiger partial charge in [-0.1, -0.05) is 30.7 Å². The van der Waals surface area contributed by atoms with Gasteiger partial charge in [-0.15, -0.1) is 0 Å². The quantitative estimate of drug-likeness (QED) is 0.425. The number of halogens is 1. The predicted octanol–water partition coefficient (Wildman–Crippen LogP) is 4.14. The van der Waals surface area contributed by atoms with Crippen molar-refractivity contribution in [2.75, 3.05) is 5.32 Å². The number of fused-ring (bicyclic) bond motifs is 2. The standard InChI is InChI=1S/C24H20FN7O/c25-16-10-5-11-17-18(16)24(33)32(15-8-2-1-3-9-15)23(30-17)19(14-6-4-7-14)31-22-20-21(27-12-26-20)28-13-29-22/h1-3,5,8-14,19H,4,6-7H2,(H2,26,27,28,29,31). The topological polar surface area (TPSA) is 101 Å². The van der Waals surface area contributed by atoms with Crippen LogP contribution in [0.5, 0.6) is 0 Å². The molecule has 3 heterocycles. The van der Waals surface area contributed by atoms with Crippen molar-refractivity contribution in [3.63, 3.8) is 0 Å². The van der Waals surface area contributed by atoms with Crippen molar-refractivity contribution in [2.45, 2.75) is 25.3 Å². The van der Waals surface area contributed by atoms with Crippen LogP contribution in [0.3, 0.4) is 0 Å². The molecule has 9 heteroatoms. The van der Waals surface area contributed by atoms with Crippen LogP contribution < -0.4 is 10.9 Å². The van der Waals surface area contributed by atoms with Crippen molar-refractivity contribution < 1.29 is 4.39 Å². The van der Waals surface area contributed by atoms with Gasteiger partial charge in [0.05, 0.1) is 23.6 Å². The lowest BCUT2D eigenvalue weighted by atomic mass is 9.79. The molecule has 1 fully saturated rings. The molecule has 0 saturated heterocycles. The van der Waals surface area contributed by atoms with Gasteiger partial charge in [0.2, 0.25) is 0 Å². The minimum atomic E-state index is -0.579. The van der Waals surface area contributed by atoms with Crippen LogP contribution in [0.25, 0.3) is 27.8 Å². The first-order valence-corrected chi connectivity index (χ1v) is 10.9. The summed E-state index contributed by atoms with van der Waals surface area (Å²) in [5.41, 5.74) is 1.77. The number of H-pyrrole nitrogens is 1. The summed E-state index contributed by atoms with van der Waals surface area (Å²) in [5.74, 6) is 0.776. The van der Waals surface area contributed by atoms with Gasteiger partial charge in [-0.2, -0.15) is 0 Å². The molecule has 2 aromatic carbocycles. The molecule has 0 radical (unpaired) electrons. The minimum absolute atomic E-state index is 0.0181. The molecule has 0 amide bonds. The lowest BCUT2D eigenvalue weighted by Gasteiger charge is -2.35. The van der Waals surface area contributed by atoms with E-state index in [1.165, 1.54) is 17.0 Å². The molecule has 3 aromatic heterocycles. The van der Waals surface area contributed by atoms with Crippen LogP contribution >= 0.6 is 0 Å². The van der Waals surface area contributed by atoms with Crippen molar-refractivity contribution in [2.24, 2.45) is 5.92 Å². The molecule has 0 aliphatic heterocycles. The van der Waals surface area contributed by atoms with Gasteiger partial charge in [-0.25, -0.2) is 24.3 Å². The van der Waals surface area contributed by atoms with Crippen LogP contribution in [0.1, 0.15) is 31.1 Å². The third-order valence-electron chi connectivity index (χ3n) is 6.30. The number of nitrogens with zero attached hydrogens (tertiary/aromatic N) is 5. The summed E-state index contributed by atoms with van der Waals surface area (Å²) in [4.78, 5) is 34.4. The molecule has 0 bridgehead atoms. The summed E-state index contributed by atoms with van der Waals surface area (Å²) in [7, 11) is 0. The Kier molecular flexibility index (Phi) is 4.60. The van der Waals surface area contributed by atoms with Gasteiger partial charge in [-0.3, -0.25) is 9.36 Å². The van der Waals surface area contributed by atoms with Gasteiger partial charge in [-0.05, 0) is 43.0 Å². The predicted molar refractivity (Wildman–Crippen MR) is 123 cm³/mol. The normalized spacial score (nSPS) is 14.9. The number of aromatic nitrogens is 6. The highest BCUT2D eigenvalue weighted by atomic mass is 19.1. The fourth-order valence-electron chi connectivity index (χ4n) is 4.43. The van der Waals surface area contributed by atoms with E-state index in [9.17, 15) is 9.18 Å². The number of para-hydroxylation sites is 1. The summed E-state index contributed by atoms with van der Waals surface area (Å²) < 4.78 is 16.2. The van der Waals surface area contributed by atoms with Gasteiger partial charge < -0.3 is 10.3 Å². The van der Waals surface area contributed by atoms with Crippen molar-refractivity contribution in [3.8, 4) is 5.69 Å². The second-order valence-electron chi connectivity index (χ2n) is 8.22. The molecule has 6 rings (SSSR count). The first-order valence-electron chi connectivity index (χ1n) is 10.9. The van der Waals surface area contributed by atoms with Gasteiger partial charge in [0, 0.05) is 0 Å². The Morgan fingerprint density at radius 1 is 1.06 bits per heavy atom. The summed E-state index contributed by atoms with van der Waals surface area (Å²) in [6.07, 6.45) is 6.10. The Morgan fingerprint density at radius 3 is 2.70 bits per heavy atom. The van der Waals surface area contributed by atoms with E-state index in [0.717, 1.165) is 19.3 Å². The number of imidazole rings is 1. The Hall–Kier alpha value is -4.14. The highest BCUT2D eigenvalue weighted by Crippen LogP contribution is 2.40. The third-order valence-corrected chi connectivity index (χ3v) is 6.30. The molecule has 5 aromatic rings. The molecule has 33 heavy (non-hydrogen) atoms. The lowest BCUT2D eigenvalue weighted by molar-refractivity contribution is 0.268. The minimum Gasteiger partial charge on any atom is -0.358 e. The average Bonchev–Trinajstić information content (AvgIpc) is 3.28. The fraction of sp³-hybridized carbons (Fsp3) is 0.208. The monoisotopic (exact) mass is 441 g/mol. The summed E-state index contributed by atoms with van der Waals surface area (Å²) in [6, 6.07) is 13.4. The van der Waals surface area contributed by atoms with E-state index in [1.54, 1.807) is 18.5 Å². The average molecular weight is 441 g/mol. The van der Waals surface area contributed by atoms with E-state index in [4.69, 9.17) is 4.98 Å². The maximum atomic E-state index is 14.7. The second kappa shape index (κ2) is 7.77. The molecule has 1 atom stereocenters. The zero-order valence-electron chi connectivity index (χ0n) is 17.6. The SMILES string of the molecule is O=c1c2c(F)cccc2nc(C(Nc2ncnc3nc[nH]c23)C2CCC2)n1-c1ccccc1. The number of benzene rings is 2. The molecule has 1 saturated carbocycles. The van der Waals surface area contributed by atoms with Crippen LogP contribution in [0, 0.1) is 11.7 Å². The highest BCUT2D eigenvalue weighted by molar-refractivity contribution is 5.82. The van der Waals surface area contributed by atoms with Crippen molar-refractivity contribution in [1.29, 1.82) is 0 Å². The first kappa shape index (κ1) is 19.5. The number of rotatable bonds is 5. The largest absolute Gasteiger partial charge is 0.358 e. The van der Waals surface area contributed by atoms with E-state index >= 15 is 0 Å². The fourth-order valence-corrected chi connectivity index (χ4v) is 4.43. The molecule has 1 aliphatic rings. The van der Waals surface area contributed by atoms with E-state index in [2.05, 4.69) is 25.3 Å². The van der Waals surface area contributed by atoms with Crippen LogP contribution in [-0.4, -0.2) is 29.5 Å². The van der Waals surface area contributed by atoms with Gasteiger partial charge >= 0.3 is 0 Å². The van der Waals surface area contributed by atoms with E-state index in [0.29, 0.717) is 34.0 Å². The number of hydrogen-bond acceptors (Lipinski definition) is 6. The Labute approximate surface area is 187 Å². The van der Waals surface area contributed by atoms with Crippen LogP contribution in [0.2, 0.25) is 0 Å². The van der Waals surface area contributed by atoms with Gasteiger partial charge in [0.25, 0.3) is 5.56 Å². The highest BCUT2D eigenvalue weighted by Gasteiger charge is 2.33. The molecule has 1 unspecified atom stereocenters. The van der Waals surface area contributed by atoms with Gasteiger partial charge in [0.1, 0.15) is 28.9 Å². The number of aromatic amines is 1. The molecule has 2 N–H and O–H groups in total. The first-order chi connectivity index (χ1) is 16.2. The van der Waals surface area contributed by atoms with Crippen molar-refractivity contribution >= 4 is 27.9 Å². The number of hydrogen-bond donors (Lipinski definition) is 2. The molecular formula is C24H20FN7O. The second-order valence-corrected chi connectivity index (χ2v) is 8.22. The summed E-state index contributed by atoms with van der Waals surface area (Å²) in [5, 5.41) is 3.49. The van der Waals surface area contributed by atoms with Crippen molar-refractivity contribution in [1.82, 2.24) is 29.5 Å². The number of nitrogens with one attached hydrogen (secondary N) is 2. The summed E-state index contributed by atoms with van der Waals surface area (Å²) in [6.45, 7) is 0. The van der Waals surface area contributed by atoms with Crippen LogP contribution in [0.15, 0.2) is 66.0 Å². The maximum absolute atomic E-state index is 14.7. The molecular weight excluding hydrogens is 421 g/mol. The smallest absolute Gasteiger partial charge is 0.269 e. The van der Waals surface area contributed by atoms with Crippen LogP contribution in [-0.2, 0) is 0 Å². The molecule has 8 nitrogen and oxygen atoms in total. The Morgan fingerprint density at radius 2 is 1.91 bits per heavy atom. The van der Waals surface area contributed by atoms with Gasteiger partial charge in [0.15, 0.2) is 11.5 Å². The zero-order chi connectivity index (χ0) is 22.4. The molecule has 164 valence electrons. The number of anilines is 1. The van der Waals surface area contributed by atoms with Crippen molar-refractivity contribution in [3.05, 3.63) is 83.2 Å². The Bertz CT molecular complexity index is 1520. The third kappa shape index (κ3) is 3.24.